The van der Waals surface area contributed by atoms with Crippen molar-refractivity contribution in [1.82, 2.24) is 0 Å². The highest BCUT2D eigenvalue weighted by molar-refractivity contribution is 5.74. The van der Waals surface area contributed by atoms with Crippen molar-refractivity contribution in [3.05, 3.63) is 77.4 Å². The van der Waals surface area contributed by atoms with Gasteiger partial charge < -0.3 is 9.47 Å². The van der Waals surface area contributed by atoms with E-state index in [2.05, 4.69) is 31.2 Å². The van der Waals surface area contributed by atoms with Gasteiger partial charge >= 0.3 is 0 Å². The Morgan fingerprint density at radius 2 is 1.52 bits per heavy atom. The lowest BCUT2D eigenvalue weighted by atomic mass is 9.94. The molecule has 0 saturated carbocycles. The van der Waals surface area contributed by atoms with Crippen LogP contribution in [0.3, 0.4) is 0 Å². The fourth-order valence-corrected chi connectivity index (χ4v) is 2.70. The van der Waals surface area contributed by atoms with Gasteiger partial charge in [0, 0.05) is 12.0 Å². The van der Waals surface area contributed by atoms with E-state index < -0.39 is 0 Å². The van der Waals surface area contributed by atoms with E-state index in [-0.39, 0.29) is 0 Å². The van der Waals surface area contributed by atoms with Crippen molar-refractivity contribution >= 4 is 5.57 Å². The fourth-order valence-electron chi connectivity index (χ4n) is 2.70. The molecule has 2 rings (SSSR count). The highest BCUT2D eigenvalue weighted by Gasteiger charge is 2.10. The maximum atomic E-state index is 5.51. The first-order valence-electron chi connectivity index (χ1n) is 7.79. The minimum absolute atomic E-state index is 0.818. The van der Waals surface area contributed by atoms with Gasteiger partial charge in [-0.05, 0) is 42.7 Å². The molecule has 2 aromatic carbocycles. The third kappa shape index (κ3) is 4.04. The van der Waals surface area contributed by atoms with Crippen LogP contribution < -0.4 is 9.47 Å². The lowest BCUT2D eigenvalue weighted by molar-refractivity contribution is 0.410. The van der Waals surface area contributed by atoms with Gasteiger partial charge in [0.15, 0.2) is 0 Å². The van der Waals surface area contributed by atoms with Crippen LogP contribution in [0.5, 0.6) is 11.5 Å². The molecule has 0 N–H and O–H groups in total. The number of hydrogen-bond acceptors (Lipinski definition) is 2. The van der Waals surface area contributed by atoms with Crippen LogP contribution in [0.2, 0.25) is 0 Å². The van der Waals surface area contributed by atoms with Crippen molar-refractivity contribution in [2.24, 2.45) is 0 Å². The summed E-state index contributed by atoms with van der Waals surface area (Å²) in [5.41, 5.74) is 4.77. The molecule has 0 fully saturated rings. The standard InChI is InChI=1S/C21H24O2/c1-5-10-17(15-18-11-6-8-13-20(18)22-3)16(2)19-12-7-9-14-21(19)23-4/h5-14H,15H2,1-4H3/b10-5?,17-16-. The number of allylic oxidation sites excluding steroid dienone is 4. The molecular formula is C21H24O2. The van der Waals surface area contributed by atoms with Crippen LogP contribution in [0.25, 0.3) is 5.57 Å². The minimum atomic E-state index is 0.818. The summed E-state index contributed by atoms with van der Waals surface area (Å²) in [7, 11) is 3.42. The molecule has 0 aromatic heterocycles. The van der Waals surface area contributed by atoms with Gasteiger partial charge in [-0.1, -0.05) is 48.6 Å². The van der Waals surface area contributed by atoms with Gasteiger partial charge in [0.1, 0.15) is 11.5 Å². The van der Waals surface area contributed by atoms with Crippen molar-refractivity contribution in [1.29, 1.82) is 0 Å². The molecule has 23 heavy (non-hydrogen) atoms. The third-order valence-corrected chi connectivity index (χ3v) is 3.93. The summed E-state index contributed by atoms with van der Waals surface area (Å²) in [5.74, 6) is 1.81. The molecule has 2 nitrogen and oxygen atoms in total. The first-order chi connectivity index (χ1) is 11.2. The molecule has 0 unspecified atom stereocenters. The molecule has 0 radical (unpaired) electrons. The van der Waals surface area contributed by atoms with Gasteiger partial charge in [-0.25, -0.2) is 0 Å². The van der Waals surface area contributed by atoms with Crippen LogP contribution in [0.4, 0.5) is 0 Å². The molecule has 0 amide bonds. The van der Waals surface area contributed by atoms with Crippen molar-refractivity contribution < 1.29 is 9.47 Å². The molecule has 120 valence electrons. The molecule has 0 spiro atoms. The van der Waals surface area contributed by atoms with Crippen LogP contribution in [0.15, 0.2) is 66.3 Å². The average Bonchev–Trinajstić information content (AvgIpc) is 2.61. The largest absolute Gasteiger partial charge is 0.496 e. The van der Waals surface area contributed by atoms with Crippen molar-refractivity contribution in [3.8, 4) is 11.5 Å². The summed E-state index contributed by atoms with van der Waals surface area (Å²) in [6.07, 6.45) is 5.05. The van der Waals surface area contributed by atoms with Crippen LogP contribution in [0.1, 0.15) is 25.0 Å². The Kier molecular flexibility index (Phi) is 6.04. The second-order valence-electron chi connectivity index (χ2n) is 5.34. The van der Waals surface area contributed by atoms with Crippen molar-refractivity contribution in [2.75, 3.05) is 14.2 Å². The average molecular weight is 308 g/mol. The molecule has 0 atom stereocenters. The second kappa shape index (κ2) is 8.23. The molecule has 0 aliphatic heterocycles. The monoisotopic (exact) mass is 308 g/mol. The summed E-state index contributed by atoms with van der Waals surface area (Å²) in [5, 5.41) is 0. The van der Waals surface area contributed by atoms with Gasteiger partial charge in [0.2, 0.25) is 0 Å². The van der Waals surface area contributed by atoms with E-state index in [9.17, 15) is 0 Å². The Bertz CT molecular complexity index is 711. The van der Waals surface area contributed by atoms with E-state index in [1.807, 2.05) is 43.3 Å². The predicted molar refractivity (Wildman–Crippen MR) is 97.1 cm³/mol. The zero-order valence-electron chi connectivity index (χ0n) is 14.3. The van der Waals surface area contributed by atoms with E-state index >= 15 is 0 Å². The first kappa shape index (κ1) is 16.9. The van der Waals surface area contributed by atoms with Crippen LogP contribution in [-0.2, 0) is 6.42 Å². The molecule has 0 aliphatic carbocycles. The van der Waals surface area contributed by atoms with Crippen LogP contribution >= 0.6 is 0 Å². The molecule has 0 bridgehead atoms. The Morgan fingerprint density at radius 1 is 0.913 bits per heavy atom. The predicted octanol–water partition coefficient (Wildman–Crippen LogP) is 5.30. The molecular weight excluding hydrogens is 284 g/mol. The summed E-state index contributed by atoms with van der Waals surface area (Å²) in [6.45, 7) is 4.18. The lowest BCUT2D eigenvalue weighted by Crippen LogP contribution is -1.97. The maximum Gasteiger partial charge on any atom is 0.126 e. The van der Waals surface area contributed by atoms with Gasteiger partial charge in [-0.3, -0.25) is 0 Å². The van der Waals surface area contributed by atoms with Gasteiger partial charge in [0.25, 0.3) is 0 Å². The Labute approximate surface area is 139 Å². The summed E-state index contributed by atoms with van der Waals surface area (Å²) >= 11 is 0. The first-order valence-corrected chi connectivity index (χ1v) is 7.79. The summed E-state index contributed by atoms with van der Waals surface area (Å²) in [4.78, 5) is 0. The van der Waals surface area contributed by atoms with E-state index in [1.165, 1.54) is 16.7 Å². The highest BCUT2D eigenvalue weighted by atomic mass is 16.5. The Balaban J connectivity index is 2.48. The SMILES string of the molecule is CC=C/C(Cc1ccccc1OC)=C(\C)c1ccccc1OC. The topological polar surface area (TPSA) is 18.5 Å². The molecule has 0 aliphatic rings. The number of para-hydroxylation sites is 2. The molecule has 0 saturated heterocycles. The number of methoxy groups -OCH3 is 2. The van der Waals surface area contributed by atoms with E-state index in [0.29, 0.717) is 0 Å². The van der Waals surface area contributed by atoms with Gasteiger partial charge in [-0.15, -0.1) is 0 Å². The Morgan fingerprint density at radius 3 is 2.17 bits per heavy atom. The number of rotatable bonds is 6. The smallest absolute Gasteiger partial charge is 0.126 e. The lowest BCUT2D eigenvalue weighted by Gasteiger charge is -2.14. The minimum Gasteiger partial charge on any atom is -0.496 e. The highest BCUT2D eigenvalue weighted by Crippen LogP contribution is 2.31. The quantitative estimate of drug-likeness (QED) is 0.674. The molecule has 2 heteroatoms. The zero-order chi connectivity index (χ0) is 16.7. The van der Waals surface area contributed by atoms with Crippen LogP contribution in [-0.4, -0.2) is 14.2 Å². The van der Waals surface area contributed by atoms with Crippen LogP contribution in [0, 0.1) is 0 Å². The van der Waals surface area contributed by atoms with E-state index in [4.69, 9.17) is 9.47 Å². The van der Waals surface area contributed by atoms with Gasteiger partial charge in [-0.2, -0.15) is 0 Å². The Hall–Kier alpha value is -2.48. The maximum absolute atomic E-state index is 5.51. The van der Waals surface area contributed by atoms with Gasteiger partial charge in [0.05, 0.1) is 14.2 Å². The molecule has 0 heterocycles. The third-order valence-electron chi connectivity index (χ3n) is 3.93. The summed E-state index contributed by atoms with van der Waals surface area (Å²) in [6, 6.07) is 16.3. The second-order valence-corrected chi connectivity index (χ2v) is 5.34. The fraction of sp³-hybridized carbons (Fsp3) is 0.238. The normalized spacial score (nSPS) is 12.2. The number of ether oxygens (including phenoxy) is 2. The van der Waals surface area contributed by atoms with Crippen molar-refractivity contribution in [3.63, 3.8) is 0 Å². The number of benzene rings is 2. The number of hydrogen-bond donors (Lipinski definition) is 0. The van der Waals surface area contributed by atoms with Crippen molar-refractivity contribution in [2.45, 2.75) is 20.3 Å². The zero-order valence-corrected chi connectivity index (χ0v) is 14.3. The summed E-state index contributed by atoms with van der Waals surface area (Å²) < 4.78 is 11.0. The molecule has 2 aromatic rings. The van der Waals surface area contributed by atoms with E-state index in [1.54, 1.807) is 14.2 Å². The van der Waals surface area contributed by atoms with E-state index in [0.717, 1.165) is 23.5 Å².